The summed E-state index contributed by atoms with van der Waals surface area (Å²) in [5.74, 6) is -1.15. The Morgan fingerprint density at radius 1 is 1.17 bits per heavy atom. The number of benzene rings is 1. The molecule has 0 unspecified atom stereocenters. The maximum atomic E-state index is 10.7. The third-order valence-corrected chi connectivity index (χ3v) is 2.06. The van der Waals surface area contributed by atoms with E-state index in [1.807, 2.05) is 0 Å². The lowest BCUT2D eigenvalue weighted by atomic mass is 10.3. The van der Waals surface area contributed by atoms with Gasteiger partial charge in [-0.1, -0.05) is 18.2 Å². The van der Waals surface area contributed by atoms with Gasteiger partial charge < -0.3 is 0 Å². The van der Waals surface area contributed by atoms with Crippen LogP contribution in [0.3, 0.4) is 0 Å². The number of hydrogen-bond donors (Lipinski definition) is 1. The molecule has 4 nitrogen and oxygen atoms in total. The lowest BCUT2D eigenvalue weighted by Gasteiger charge is -2.02. The molecule has 0 spiro atoms. The molecule has 1 rings (SSSR count). The minimum atomic E-state index is -3.68. The van der Waals surface area contributed by atoms with Crippen LogP contribution in [0.2, 0.25) is 0 Å². The van der Waals surface area contributed by atoms with Crippen molar-refractivity contribution in [3.63, 3.8) is 0 Å². The predicted octanol–water partition coefficient (Wildman–Crippen LogP) is 0.816. The molecular formula is C7H8NO3S. The van der Waals surface area contributed by atoms with Crippen LogP contribution in [0.15, 0.2) is 30.3 Å². The summed E-state index contributed by atoms with van der Waals surface area (Å²) < 4.78 is 23.6. The fraction of sp³-hybridized carbons (Fsp3) is 0.143. The quantitative estimate of drug-likeness (QED) is 0.759. The monoisotopic (exact) mass is 186 g/mol. The number of hydrogen-bond acceptors (Lipinski definition) is 2. The molecule has 0 aliphatic carbocycles. The van der Waals surface area contributed by atoms with E-state index in [0.717, 1.165) is 0 Å². The van der Waals surface area contributed by atoms with E-state index in [4.69, 9.17) is 0 Å². The molecule has 0 aliphatic heterocycles. The smallest absolute Gasteiger partial charge is 0.260 e. The van der Waals surface area contributed by atoms with Gasteiger partial charge in [0.25, 0.3) is 10.0 Å². The summed E-state index contributed by atoms with van der Waals surface area (Å²) in [4.78, 5) is 0. The zero-order valence-corrected chi connectivity index (χ0v) is 7.04. The maximum Gasteiger partial charge on any atom is 0.260 e. The van der Waals surface area contributed by atoms with Crippen LogP contribution in [0.25, 0.3) is 0 Å². The molecule has 1 radical (unpaired) electrons. The lowest BCUT2D eigenvalue weighted by molar-refractivity contribution is 0.251. The van der Waals surface area contributed by atoms with Gasteiger partial charge in [0.1, 0.15) is 0 Å². The molecule has 12 heavy (non-hydrogen) atoms. The van der Waals surface area contributed by atoms with Crippen molar-refractivity contribution >= 4 is 15.7 Å². The summed E-state index contributed by atoms with van der Waals surface area (Å²) in [6, 6.07) is 8.28. The largest absolute Gasteiger partial charge is 0.282 e. The molecule has 0 aliphatic rings. The molecule has 0 saturated heterocycles. The topological polar surface area (TPSA) is 66.1 Å². The first-order chi connectivity index (χ1) is 5.64. The Morgan fingerprint density at radius 2 is 1.75 bits per heavy atom. The second kappa shape index (κ2) is 3.55. The Labute approximate surface area is 70.9 Å². The highest BCUT2D eigenvalue weighted by molar-refractivity contribution is 7.92. The lowest BCUT2D eigenvalue weighted by Crippen LogP contribution is -2.15. The van der Waals surface area contributed by atoms with E-state index >= 15 is 0 Å². The van der Waals surface area contributed by atoms with Gasteiger partial charge in [-0.3, -0.25) is 4.72 Å². The Bertz CT molecular complexity index is 333. The zero-order chi connectivity index (χ0) is 9.03. The summed E-state index contributed by atoms with van der Waals surface area (Å²) in [6.45, 7) is 0. The summed E-state index contributed by atoms with van der Waals surface area (Å²) in [6.07, 6.45) is 0. The van der Waals surface area contributed by atoms with Gasteiger partial charge in [0.05, 0.1) is 0 Å². The van der Waals surface area contributed by atoms with Gasteiger partial charge in [-0.2, -0.15) is 0 Å². The van der Waals surface area contributed by atoms with Gasteiger partial charge in [-0.05, 0) is 12.1 Å². The second-order valence-corrected chi connectivity index (χ2v) is 3.87. The van der Waals surface area contributed by atoms with E-state index in [9.17, 15) is 13.5 Å². The van der Waals surface area contributed by atoms with E-state index in [1.165, 1.54) is 0 Å². The van der Waals surface area contributed by atoms with Crippen LogP contribution in [0, 0.1) is 0 Å². The van der Waals surface area contributed by atoms with Crippen molar-refractivity contribution in [2.75, 3.05) is 10.7 Å². The average Bonchev–Trinajstić information content (AvgIpc) is 2.06. The molecule has 0 aromatic heterocycles. The van der Waals surface area contributed by atoms with Crippen molar-refractivity contribution in [1.29, 1.82) is 0 Å². The predicted molar refractivity (Wildman–Crippen MR) is 44.5 cm³/mol. The second-order valence-electron chi connectivity index (χ2n) is 2.20. The number of sulfonamides is 1. The fourth-order valence-corrected chi connectivity index (χ4v) is 1.27. The van der Waals surface area contributed by atoms with Crippen LogP contribution in [0.1, 0.15) is 0 Å². The van der Waals surface area contributed by atoms with E-state index in [2.05, 4.69) is 4.72 Å². The molecule has 65 valence electrons. The highest BCUT2D eigenvalue weighted by Crippen LogP contribution is 2.06. The van der Waals surface area contributed by atoms with Crippen molar-refractivity contribution in [3.05, 3.63) is 30.3 Å². The first-order valence-corrected chi connectivity index (χ1v) is 4.93. The minimum Gasteiger partial charge on any atom is -0.282 e. The molecule has 1 aromatic rings. The van der Waals surface area contributed by atoms with E-state index in [1.54, 1.807) is 30.3 Å². The van der Waals surface area contributed by atoms with Crippen LogP contribution in [0.5, 0.6) is 0 Å². The van der Waals surface area contributed by atoms with Gasteiger partial charge in [-0.25, -0.2) is 13.5 Å². The molecular weight excluding hydrogens is 178 g/mol. The van der Waals surface area contributed by atoms with Crippen LogP contribution < -0.4 is 4.72 Å². The third kappa shape index (κ3) is 2.52. The van der Waals surface area contributed by atoms with Gasteiger partial charge in [0, 0.05) is 5.69 Å². The van der Waals surface area contributed by atoms with E-state index in [-0.39, 0.29) is 0 Å². The van der Waals surface area contributed by atoms with Crippen molar-refractivity contribution in [2.45, 2.75) is 0 Å². The number of para-hydroxylation sites is 1. The minimum absolute atomic E-state index is 0.411. The molecule has 0 fully saturated rings. The van der Waals surface area contributed by atoms with Crippen molar-refractivity contribution < 1.29 is 13.5 Å². The highest BCUT2D eigenvalue weighted by atomic mass is 32.2. The Morgan fingerprint density at radius 3 is 2.25 bits per heavy atom. The summed E-state index contributed by atoms with van der Waals surface area (Å²) in [7, 11) is -3.68. The van der Waals surface area contributed by atoms with Crippen LogP contribution >= 0.6 is 0 Å². The molecule has 0 amide bonds. The van der Waals surface area contributed by atoms with Gasteiger partial charge >= 0.3 is 0 Å². The summed E-state index contributed by atoms with van der Waals surface area (Å²) >= 11 is 0. The van der Waals surface area contributed by atoms with Crippen molar-refractivity contribution in [2.24, 2.45) is 0 Å². The summed E-state index contributed by atoms with van der Waals surface area (Å²) in [5, 5.41) is 10.1. The van der Waals surface area contributed by atoms with Crippen LogP contribution in [-0.2, 0) is 15.1 Å². The van der Waals surface area contributed by atoms with Crippen molar-refractivity contribution in [1.82, 2.24) is 0 Å². The molecule has 0 heterocycles. The average molecular weight is 186 g/mol. The van der Waals surface area contributed by atoms with Crippen LogP contribution in [0.4, 0.5) is 5.69 Å². The zero-order valence-electron chi connectivity index (χ0n) is 6.23. The first-order valence-electron chi connectivity index (χ1n) is 3.28. The highest BCUT2D eigenvalue weighted by Gasteiger charge is 2.07. The number of anilines is 1. The normalized spacial score (nSPS) is 11.1. The molecule has 1 N–H and O–H groups in total. The number of nitrogens with one attached hydrogen (secondary N) is 1. The SMILES string of the molecule is [O]CS(=O)(=O)Nc1ccccc1. The van der Waals surface area contributed by atoms with Gasteiger partial charge in [0.2, 0.25) is 5.94 Å². The summed E-state index contributed by atoms with van der Waals surface area (Å²) in [5.41, 5.74) is 0.411. The molecule has 0 saturated carbocycles. The molecule has 0 atom stereocenters. The Kier molecular flexibility index (Phi) is 2.67. The van der Waals surface area contributed by atoms with E-state index < -0.39 is 16.0 Å². The van der Waals surface area contributed by atoms with Crippen molar-refractivity contribution in [3.8, 4) is 0 Å². The standard InChI is InChI=1S/C7H8NO3S/c9-6-12(10,11)8-7-4-2-1-3-5-7/h1-5,8H,6H2. The molecule has 1 aromatic carbocycles. The van der Waals surface area contributed by atoms with Crippen LogP contribution in [-0.4, -0.2) is 14.4 Å². The maximum absolute atomic E-state index is 10.7. The molecule has 0 bridgehead atoms. The molecule has 5 heteroatoms. The fourth-order valence-electron chi connectivity index (χ4n) is 0.715. The van der Waals surface area contributed by atoms with Gasteiger partial charge in [0.15, 0.2) is 0 Å². The number of rotatable bonds is 3. The third-order valence-electron chi connectivity index (χ3n) is 1.20. The Balaban J connectivity index is 2.78. The Hall–Kier alpha value is -1.07. The van der Waals surface area contributed by atoms with Gasteiger partial charge in [-0.15, -0.1) is 0 Å². The first kappa shape index (κ1) is 9.02. The van der Waals surface area contributed by atoms with E-state index in [0.29, 0.717) is 5.69 Å².